The Morgan fingerprint density at radius 3 is 2.65 bits per heavy atom. The van der Waals surface area contributed by atoms with Crippen molar-refractivity contribution < 1.29 is 18.7 Å². The average Bonchev–Trinajstić information content (AvgIpc) is 2.72. The zero-order valence-corrected chi connectivity index (χ0v) is 11.9. The molecule has 2 N–H and O–H groups in total. The van der Waals surface area contributed by atoms with Gasteiger partial charge in [-0.25, -0.2) is 4.79 Å². The third-order valence-corrected chi connectivity index (χ3v) is 2.56. The van der Waals surface area contributed by atoms with Gasteiger partial charge in [-0.1, -0.05) is 12.1 Å². The molecular formula is C15H19NO4. The summed E-state index contributed by atoms with van der Waals surface area (Å²) in [5, 5.41) is 0.802. The van der Waals surface area contributed by atoms with E-state index in [9.17, 15) is 4.79 Å². The van der Waals surface area contributed by atoms with Gasteiger partial charge < -0.3 is 19.6 Å². The fraction of sp³-hybridized carbons (Fsp3) is 0.400. The number of furan rings is 1. The summed E-state index contributed by atoms with van der Waals surface area (Å²) < 4.78 is 16.3. The molecule has 1 aromatic heterocycles. The lowest BCUT2D eigenvalue weighted by Gasteiger charge is -2.19. The van der Waals surface area contributed by atoms with Gasteiger partial charge in [-0.05, 0) is 32.9 Å². The zero-order valence-electron chi connectivity index (χ0n) is 11.9. The molecule has 0 aliphatic heterocycles. The van der Waals surface area contributed by atoms with Crippen LogP contribution in [-0.2, 0) is 16.1 Å². The van der Waals surface area contributed by atoms with E-state index in [1.807, 2.05) is 45.0 Å². The molecule has 0 bridgehead atoms. The first-order chi connectivity index (χ1) is 9.40. The van der Waals surface area contributed by atoms with Gasteiger partial charge in [-0.3, -0.25) is 0 Å². The Balaban J connectivity index is 2.15. The van der Waals surface area contributed by atoms with Gasteiger partial charge in [0.15, 0.2) is 18.1 Å². The fourth-order valence-corrected chi connectivity index (χ4v) is 1.87. The molecule has 0 radical (unpaired) electrons. The van der Waals surface area contributed by atoms with Crippen LogP contribution in [0.1, 0.15) is 26.5 Å². The summed E-state index contributed by atoms with van der Waals surface area (Å²) in [4.78, 5) is 11.7. The number of carbonyl (C=O) groups is 1. The third-order valence-electron chi connectivity index (χ3n) is 2.56. The van der Waals surface area contributed by atoms with Crippen LogP contribution in [0.2, 0.25) is 0 Å². The van der Waals surface area contributed by atoms with Crippen molar-refractivity contribution >= 4 is 16.9 Å². The van der Waals surface area contributed by atoms with Crippen molar-refractivity contribution in [3.05, 3.63) is 30.0 Å². The van der Waals surface area contributed by atoms with Gasteiger partial charge in [0.1, 0.15) is 11.2 Å². The predicted molar refractivity (Wildman–Crippen MR) is 75.4 cm³/mol. The first kappa shape index (κ1) is 14.4. The van der Waals surface area contributed by atoms with Crippen molar-refractivity contribution in [3.8, 4) is 5.75 Å². The van der Waals surface area contributed by atoms with E-state index in [0.717, 1.165) is 5.39 Å². The van der Waals surface area contributed by atoms with E-state index in [-0.39, 0.29) is 13.2 Å². The van der Waals surface area contributed by atoms with Crippen LogP contribution in [0, 0.1) is 0 Å². The van der Waals surface area contributed by atoms with E-state index in [1.54, 1.807) is 0 Å². The van der Waals surface area contributed by atoms with Crippen LogP contribution in [0.4, 0.5) is 0 Å². The van der Waals surface area contributed by atoms with E-state index in [0.29, 0.717) is 17.1 Å². The summed E-state index contributed by atoms with van der Waals surface area (Å²) in [6.45, 7) is 5.46. The van der Waals surface area contributed by atoms with Gasteiger partial charge in [-0.2, -0.15) is 0 Å². The van der Waals surface area contributed by atoms with Gasteiger partial charge in [0, 0.05) is 0 Å². The molecule has 0 unspecified atom stereocenters. The Labute approximate surface area is 117 Å². The topological polar surface area (TPSA) is 74.7 Å². The Kier molecular flexibility index (Phi) is 3.99. The lowest BCUT2D eigenvalue weighted by Crippen LogP contribution is -2.27. The lowest BCUT2D eigenvalue weighted by atomic mass is 10.2. The fourth-order valence-electron chi connectivity index (χ4n) is 1.87. The highest BCUT2D eigenvalue weighted by molar-refractivity contribution is 5.86. The number of esters is 1. The predicted octanol–water partition coefficient (Wildman–Crippen LogP) is 2.61. The number of para-hydroxylation sites is 1. The Morgan fingerprint density at radius 2 is 2.00 bits per heavy atom. The van der Waals surface area contributed by atoms with Gasteiger partial charge in [-0.15, -0.1) is 0 Å². The van der Waals surface area contributed by atoms with E-state index in [4.69, 9.17) is 19.6 Å². The van der Waals surface area contributed by atoms with Crippen molar-refractivity contribution in [2.45, 2.75) is 32.9 Å². The molecule has 0 amide bonds. The van der Waals surface area contributed by atoms with Gasteiger partial charge >= 0.3 is 5.97 Å². The van der Waals surface area contributed by atoms with Gasteiger partial charge in [0.05, 0.1) is 11.9 Å². The molecule has 0 atom stereocenters. The van der Waals surface area contributed by atoms with Crippen LogP contribution in [0.25, 0.3) is 11.0 Å². The number of nitrogens with two attached hydrogens (primary N) is 1. The molecule has 108 valence electrons. The molecule has 5 heteroatoms. The molecule has 2 rings (SSSR count). The maximum atomic E-state index is 11.7. The minimum absolute atomic E-state index is 0.173. The number of fused-ring (bicyclic) bond motifs is 1. The molecule has 0 fully saturated rings. The second-order valence-electron chi connectivity index (χ2n) is 5.43. The van der Waals surface area contributed by atoms with Crippen molar-refractivity contribution in [2.24, 2.45) is 5.73 Å². The Morgan fingerprint density at radius 1 is 1.30 bits per heavy atom. The minimum atomic E-state index is -0.532. The number of hydrogen-bond donors (Lipinski definition) is 1. The first-order valence-electron chi connectivity index (χ1n) is 6.46. The molecule has 0 aliphatic rings. The van der Waals surface area contributed by atoms with E-state index in [1.165, 1.54) is 0 Å². The Hall–Kier alpha value is -2.01. The second-order valence-corrected chi connectivity index (χ2v) is 5.43. The molecule has 1 aromatic carbocycles. The largest absolute Gasteiger partial charge is 0.478 e. The maximum absolute atomic E-state index is 11.7. The molecular weight excluding hydrogens is 258 g/mol. The van der Waals surface area contributed by atoms with Crippen molar-refractivity contribution in [3.63, 3.8) is 0 Å². The van der Waals surface area contributed by atoms with Crippen molar-refractivity contribution in [2.75, 3.05) is 6.61 Å². The quantitative estimate of drug-likeness (QED) is 0.869. The van der Waals surface area contributed by atoms with E-state index in [2.05, 4.69) is 0 Å². The minimum Gasteiger partial charge on any atom is -0.478 e. The standard InChI is InChI=1S/C15H19NO4/c1-15(2,3)20-13(17)9-18-14-10-6-4-5-7-11(10)19-12(14)8-16/h4-7H,8-9,16H2,1-3H3. The average molecular weight is 277 g/mol. The third kappa shape index (κ3) is 3.30. The molecule has 20 heavy (non-hydrogen) atoms. The van der Waals surface area contributed by atoms with Crippen LogP contribution >= 0.6 is 0 Å². The monoisotopic (exact) mass is 277 g/mol. The first-order valence-corrected chi connectivity index (χ1v) is 6.46. The van der Waals surface area contributed by atoms with Crippen LogP contribution in [0.3, 0.4) is 0 Å². The summed E-state index contributed by atoms with van der Waals surface area (Å²) in [5.41, 5.74) is 5.79. The molecule has 0 aliphatic carbocycles. The van der Waals surface area contributed by atoms with Gasteiger partial charge in [0.25, 0.3) is 0 Å². The smallest absolute Gasteiger partial charge is 0.344 e. The molecule has 0 spiro atoms. The summed E-state index contributed by atoms with van der Waals surface area (Å²) in [5.74, 6) is 0.606. The number of ether oxygens (including phenoxy) is 2. The van der Waals surface area contributed by atoms with Crippen LogP contribution < -0.4 is 10.5 Å². The molecule has 0 saturated heterocycles. The summed E-state index contributed by atoms with van der Waals surface area (Å²) in [6.07, 6.45) is 0. The highest BCUT2D eigenvalue weighted by atomic mass is 16.6. The van der Waals surface area contributed by atoms with E-state index < -0.39 is 11.6 Å². The van der Waals surface area contributed by atoms with Crippen LogP contribution in [0.5, 0.6) is 5.75 Å². The van der Waals surface area contributed by atoms with Crippen molar-refractivity contribution in [1.29, 1.82) is 0 Å². The Bertz CT molecular complexity index is 610. The summed E-state index contributed by atoms with van der Waals surface area (Å²) >= 11 is 0. The number of benzene rings is 1. The molecule has 2 aromatic rings. The number of hydrogen-bond acceptors (Lipinski definition) is 5. The van der Waals surface area contributed by atoms with Crippen LogP contribution in [0.15, 0.2) is 28.7 Å². The molecule has 0 saturated carbocycles. The normalized spacial score (nSPS) is 11.6. The van der Waals surface area contributed by atoms with E-state index >= 15 is 0 Å². The maximum Gasteiger partial charge on any atom is 0.344 e. The SMILES string of the molecule is CC(C)(C)OC(=O)COc1c(CN)oc2ccccc12. The van der Waals surface area contributed by atoms with Crippen LogP contribution in [-0.4, -0.2) is 18.2 Å². The number of carbonyl (C=O) groups excluding carboxylic acids is 1. The molecule has 1 heterocycles. The lowest BCUT2D eigenvalue weighted by molar-refractivity contribution is -0.157. The highest BCUT2D eigenvalue weighted by Gasteiger charge is 2.19. The zero-order chi connectivity index (χ0) is 14.8. The van der Waals surface area contributed by atoms with Crippen molar-refractivity contribution in [1.82, 2.24) is 0 Å². The second kappa shape index (κ2) is 5.54. The van der Waals surface area contributed by atoms with Gasteiger partial charge in [0.2, 0.25) is 0 Å². The summed E-state index contributed by atoms with van der Waals surface area (Å²) in [7, 11) is 0. The summed E-state index contributed by atoms with van der Waals surface area (Å²) in [6, 6.07) is 7.43. The molecule has 5 nitrogen and oxygen atoms in total. The highest BCUT2D eigenvalue weighted by Crippen LogP contribution is 2.32. The number of rotatable bonds is 4.